The summed E-state index contributed by atoms with van der Waals surface area (Å²) in [5.41, 5.74) is -0.298. The minimum Gasteiger partial charge on any atom is -0.508 e. The fraction of sp³-hybridized carbons (Fsp3) is 0.500. The molecule has 2 rings (SSSR count). The van der Waals surface area contributed by atoms with E-state index in [1.165, 1.54) is 12.1 Å². The van der Waals surface area contributed by atoms with Crippen molar-refractivity contribution in [3.8, 4) is 5.75 Å². The largest absolute Gasteiger partial charge is 0.508 e. The summed E-state index contributed by atoms with van der Waals surface area (Å²) in [6, 6.07) is 3.57. The smallest absolute Gasteiger partial charge is 0.254 e. The van der Waals surface area contributed by atoms with E-state index in [0.717, 1.165) is 18.9 Å². The Morgan fingerprint density at radius 3 is 2.44 bits per heavy atom. The van der Waals surface area contributed by atoms with Crippen molar-refractivity contribution < 1.29 is 14.3 Å². The highest BCUT2D eigenvalue weighted by molar-refractivity contribution is 5.95. The lowest BCUT2D eigenvalue weighted by molar-refractivity contribution is 0.0884. The van der Waals surface area contributed by atoms with Gasteiger partial charge < -0.3 is 10.4 Å². The summed E-state index contributed by atoms with van der Waals surface area (Å²) >= 11 is 0. The minimum absolute atomic E-state index is 0.0247. The van der Waals surface area contributed by atoms with Crippen LogP contribution < -0.4 is 5.32 Å². The molecule has 0 aliphatic heterocycles. The fourth-order valence-electron chi connectivity index (χ4n) is 2.16. The molecule has 2 N–H and O–H groups in total. The maximum Gasteiger partial charge on any atom is 0.254 e. The average Bonchev–Trinajstić information content (AvgIpc) is 2.97. The first-order valence-electron chi connectivity index (χ1n) is 6.06. The number of amides is 1. The lowest BCUT2D eigenvalue weighted by Gasteiger charge is -2.31. The van der Waals surface area contributed by atoms with Crippen molar-refractivity contribution in [2.24, 2.45) is 5.41 Å². The fourth-order valence-corrected chi connectivity index (χ4v) is 2.16. The molecule has 98 valence electrons. The van der Waals surface area contributed by atoms with Crippen LogP contribution in [0.3, 0.4) is 0 Å². The van der Waals surface area contributed by atoms with Gasteiger partial charge in [-0.3, -0.25) is 4.79 Å². The second-order valence-corrected chi connectivity index (χ2v) is 5.95. The first kappa shape index (κ1) is 12.9. The van der Waals surface area contributed by atoms with Crippen molar-refractivity contribution >= 4 is 5.91 Å². The maximum absolute atomic E-state index is 13.6. The summed E-state index contributed by atoms with van der Waals surface area (Å²) in [5, 5.41) is 12.0. The number of rotatable bonds is 2. The Labute approximate surface area is 106 Å². The molecule has 1 aromatic carbocycles. The van der Waals surface area contributed by atoms with Crippen molar-refractivity contribution in [2.45, 2.75) is 39.2 Å². The zero-order valence-corrected chi connectivity index (χ0v) is 10.9. The first-order valence-corrected chi connectivity index (χ1v) is 6.06. The number of aromatic hydroxyl groups is 1. The van der Waals surface area contributed by atoms with Gasteiger partial charge in [-0.2, -0.15) is 0 Å². The quantitative estimate of drug-likeness (QED) is 0.849. The van der Waals surface area contributed by atoms with Gasteiger partial charge >= 0.3 is 0 Å². The van der Waals surface area contributed by atoms with Gasteiger partial charge in [0, 0.05) is 11.6 Å². The predicted molar refractivity (Wildman–Crippen MR) is 67.0 cm³/mol. The Kier molecular flexibility index (Phi) is 2.84. The number of phenols is 1. The number of carbonyl (C=O) groups excluding carboxylic acids is 1. The van der Waals surface area contributed by atoms with Crippen LogP contribution in [0.2, 0.25) is 0 Å². The standard InChI is InChI=1S/C14H18FNO2/c1-13(2,3)14(6-7-14)16-12(18)10-5-4-9(17)8-11(10)15/h4-5,8,17H,6-7H2,1-3H3,(H,16,18). The highest BCUT2D eigenvalue weighted by Gasteiger charge is 2.53. The Bertz CT molecular complexity index is 487. The van der Waals surface area contributed by atoms with E-state index in [-0.39, 0.29) is 22.3 Å². The Hall–Kier alpha value is -1.58. The van der Waals surface area contributed by atoms with Gasteiger partial charge in [0.15, 0.2) is 0 Å². The Morgan fingerprint density at radius 2 is 2.00 bits per heavy atom. The molecule has 0 radical (unpaired) electrons. The van der Waals surface area contributed by atoms with E-state index < -0.39 is 11.7 Å². The normalized spacial score (nSPS) is 17.3. The highest BCUT2D eigenvalue weighted by Crippen LogP contribution is 2.49. The summed E-state index contributed by atoms with van der Waals surface area (Å²) in [7, 11) is 0. The van der Waals surface area contributed by atoms with E-state index in [1.54, 1.807) is 0 Å². The molecule has 1 aromatic rings. The van der Waals surface area contributed by atoms with Crippen LogP contribution in [0.5, 0.6) is 5.75 Å². The van der Waals surface area contributed by atoms with Crippen LogP contribution >= 0.6 is 0 Å². The lowest BCUT2D eigenvalue weighted by atomic mass is 9.84. The molecule has 1 saturated carbocycles. The van der Waals surface area contributed by atoms with Crippen LogP contribution in [-0.2, 0) is 0 Å². The third-order valence-corrected chi connectivity index (χ3v) is 3.74. The lowest BCUT2D eigenvalue weighted by Crippen LogP contribution is -2.46. The molecule has 1 aliphatic rings. The van der Waals surface area contributed by atoms with Gasteiger partial charge in [-0.15, -0.1) is 0 Å². The van der Waals surface area contributed by atoms with Gasteiger partial charge in [-0.25, -0.2) is 4.39 Å². The third-order valence-electron chi connectivity index (χ3n) is 3.74. The molecule has 18 heavy (non-hydrogen) atoms. The van der Waals surface area contributed by atoms with Gasteiger partial charge in [-0.1, -0.05) is 20.8 Å². The van der Waals surface area contributed by atoms with Crippen LogP contribution in [0.1, 0.15) is 44.0 Å². The second-order valence-electron chi connectivity index (χ2n) is 5.95. The van der Waals surface area contributed by atoms with Crippen molar-refractivity contribution in [1.82, 2.24) is 5.32 Å². The second kappa shape index (κ2) is 3.97. The van der Waals surface area contributed by atoms with Crippen molar-refractivity contribution in [3.05, 3.63) is 29.6 Å². The van der Waals surface area contributed by atoms with Crippen LogP contribution in [-0.4, -0.2) is 16.6 Å². The Balaban J connectivity index is 2.19. The number of halogens is 1. The predicted octanol–water partition coefficient (Wildman–Crippen LogP) is 2.84. The number of hydrogen-bond acceptors (Lipinski definition) is 2. The molecule has 0 unspecified atom stereocenters. The molecular weight excluding hydrogens is 233 g/mol. The maximum atomic E-state index is 13.6. The molecular formula is C14H18FNO2. The van der Waals surface area contributed by atoms with Gasteiger partial charge in [0.05, 0.1) is 5.56 Å². The summed E-state index contributed by atoms with van der Waals surface area (Å²) < 4.78 is 13.6. The minimum atomic E-state index is -0.697. The highest BCUT2D eigenvalue weighted by atomic mass is 19.1. The molecule has 4 heteroatoms. The number of hydrogen-bond donors (Lipinski definition) is 2. The zero-order chi connectivity index (χ0) is 13.6. The molecule has 1 aliphatic carbocycles. The van der Waals surface area contributed by atoms with E-state index >= 15 is 0 Å². The Morgan fingerprint density at radius 1 is 1.39 bits per heavy atom. The molecule has 1 amide bonds. The molecule has 3 nitrogen and oxygen atoms in total. The monoisotopic (exact) mass is 251 g/mol. The number of phenolic OH excluding ortho intramolecular Hbond substituents is 1. The molecule has 0 saturated heterocycles. The molecule has 1 fully saturated rings. The number of benzene rings is 1. The van der Waals surface area contributed by atoms with Crippen molar-refractivity contribution in [1.29, 1.82) is 0 Å². The van der Waals surface area contributed by atoms with E-state index in [0.29, 0.717) is 0 Å². The summed E-state index contributed by atoms with van der Waals surface area (Å²) in [5.74, 6) is -1.29. The van der Waals surface area contributed by atoms with Gasteiger partial charge in [0.2, 0.25) is 0 Å². The van der Waals surface area contributed by atoms with E-state index in [4.69, 9.17) is 5.11 Å². The van der Waals surface area contributed by atoms with E-state index in [2.05, 4.69) is 26.1 Å². The SMILES string of the molecule is CC(C)(C)C1(NC(=O)c2ccc(O)cc2F)CC1. The average molecular weight is 251 g/mol. The van der Waals surface area contributed by atoms with Crippen LogP contribution in [0.15, 0.2) is 18.2 Å². The van der Waals surface area contributed by atoms with Crippen molar-refractivity contribution in [3.63, 3.8) is 0 Å². The molecule has 0 spiro atoms. The zero-order valence-electron chi connectivity index (χ0n) is 10.9. The molecule has 0 heterocycles. The van der Waals surface area contributed by atoms with Crippen LogP contribution in [0.25, 0.3) is 0 Å². The molecule has 0 bridgehead atoms. The van der Waals surface area contributed by atoms with Crippen LogP contribution in [0, 0.1) is 11.2 Å². The topological polar surface area (TPSA) is 49.3 Å². The van der Waals surface area contributed by atoms with E-state index in [9.17, 15) is 9.18 Å². The molecule has 0 aromatic heterocycles. The van der Waals surface area contributed by atoms with Gasteiger partial charge in [-0.05, 0) is 30.4 Å². The van der Waals surface area contributed by atoms with Crippen LogP contribution in [0.4, 0.5) is 4.39 Å². The summed E-state index contributed by atoms with van der Waals surface area (Å²) in [6.07, 6.45) is 1.84. The summed E-state index contributed by atoms with van der Waals surface area (Å²) in [6.45, 7) is 6.19. The third kappa shape index (κ3) is 2.19. The molecule has 0 atom stereocenters. The van der Waals surface area contributed by atoms with Gasteiger partial charge in [0.25, 0.3) is 5.91 Å². The number of carbonyl (C=O) groups is 1. The number of nitrogens with one attached hydrogen (secondary N) is 1. The van der Waals surface area contributed by atoms with Crippen molar-refractivity contribution in [2.75, 3.05) is 0 Å². The van der Waals surface area contributed by atoms with E-state index in [1.807, 2.05) is 0 Å². The summed E-state index contributed by atoms with van der Waals surface area (Å²) in [4.78, 5) is 12.0. The first-order chi connectivity index (χ1) is 8.25. The van der Waals surface area contributed by atoms with Gasteiger partial charge in [0.1, 0.15) is 11.6 Å².